The fraction of sp³-hybridized carbons (Fsp3) is 0.500. The van der Waals surface area contributed by atoms with Crippen molar-refractivity contribution >= 4 is 60.9 Å². The van der Waals surface area contributed by atoms with Crippen LogP contribution in [0.3, 0.4) is 0 Å². The van der Waals surface area contributed by atoms with E-state index in [0.717, 1.165) is 0 Å². The maximum Gasteiger partial charge on any atom is -0.147 e. The second kappa shape index (κ2) is 18.1. The molecule has 49 heavy (non-hydrogen) atoms. The largest absolute Gasteiger partial charge is 0.147 e. The van der Waals surface area contributed by atoms with Crippen molar-refractivity contribution in [3.8, 4) is 0 Å². The van der Waals surface area contributed by atoms with Crippen LogP contribution in [-0.4, -0.2) is 8.07 Å². The van der Waals surface area contributed by atoms with E-state index >= 15 is 0 Å². The fourth-order valence-electron chi connectivity index (χ4n) is 7.45. The molecule has 1 aliphatic carbocycles. The van der Waals surface area contributed by atoms with Gasteiger partial charge in [0.25, 0.3) is 0 Å². The van der Waals surface area contributed by atoms with Gasteiger partial charge in [0.05, 0.1) is 0 Å². The van der Waals surface area contributed by atoms with Crippen LogP contribution in [0.25, 0.3) is 0 Å². The van der Waals surface area contributed by atoms with Crippen molar-refractivity contribution in [1.82, 2.24) is 0 Å². The number of rotatable bonds is 10. The van der Waals surface area contributed by atoms with Crippen molar-refractivity contribution in [3.63, 3.8) is 0 Å². The second-order valence-electron chi connectivity index (χ2n) is 16.1. The van der Waals surface area contributed by atoms with Gasteiger partial charge in [0.15, 0.2) is 0 Å². The van der Waals surface area contributed by atoms with Crippen LogP contribution >= 0.6 is 37.2 Å². The van der Waals surface area contributed by atoms with Crippen LogP contribution < -0.4 is 15.6 Å². The smallest absolute Gasteiger partial charge is 0.147 e. The molecule has 5 heteroatoms. The quantitative estimate of drug-likeness (QED) is 0.142. The SMILES string of the molecule is CC1=[C]([Ti])C(C)C([Si](c2cc(C(C)C)cc(C(C)C)c2)(c2cc(C(C)C)cc(C(C)C)c2)c2cc(C(C)C)cc(C(C)C)c2)=C1C.Cl.Cl.Cl. The Morgan fingerprint density at radius 1 is 0.429 bits per heavy atom. The number of benzene rings is 3. The first-order valence-electron chi connectivity index (χ1n) is 18.0. The first-order chi connectivity index (χ1) is 21.4. The van der Waals surface area contributed by atoms with Crippen molar-refractivity contribution in [3.05, 3.63) is 108 Å². The van der Waals surface area contributed by atoms with Gasteiger partial charge in [0.2, 0.25) is 0 Å². The van der Waals surface area contributed by atoms with Gasteiger partial charge >= 0.3 is 298 Å². The Bertz CT molecular complexity index is 1430. The standard InChI is InChI=1S/C44H61Si.3ClH.Ti/c1-26(2)35-17-36(27(3)4)21-41(20-35)45(44-33(14)16-32(13)34(44)15,42-22-37(28(5)6)18-38(23-42)29(7)8)43-24-39(30(9)10)19-40(25-43)31(11)12;;;;/h17-31,33H,1-15H3;3*1H;. The second-order valence-corrected chi connectivity index (χ2v) is 20.8. The molecule has 269 valence electrons. The normalized spacial score (nSPS) is 15.1. The predicted octanol–water partition coefficient (Wildman–Crippen LogP) is 12.5. The summed E-state index contributed by atoms with van der Waals surface area (Å²) < 4.78 is 1.54. The van der Waals surface area contributed by atoms with Crippen molar-refractivity contribution < 1.29 is 20.4 Å². The Hall–Kier alpha value is -1.06. The first kappa shape index (κ1) is 46.0. The van der Waals surface area contributed by atoms with E-state index in [0.29, 0.717) is 41.4 Å². The number of hydrogen-bond donors (Lipinski definition) is 0. The summed E-state index contributed by atoms with van der Waals surface area (Å²) in [5.41, 5.74) is 11.8. The van der Waals surface area contributed by atoms with Gasteiger partial charge in [-0.05, 0) is 0 Å². The number of hydrogen-bond acceptors (Lipinski definition) is 0. The Kier molecular flexibility index (Phi) is 17.0. The Balaban J connectivity index is 0.00000400. The predicted molar refractivity (Wildman–Crippen MR) is 225 cm³/mol. The van der Waals surface area contributed by atoms with Crippen LogP contribution in [0.4, 0.5) is 0 Å². The van der Waals surface area contributed by atoms with Crippen LogP contribution in [0.1, 0.15) is 173 Å². The molecule has 0 aromatic heterocycles. The van der Waals surface area contributed by atoms with Crippen LogP contribution in [0.2, 0.25) is 0 Å². The van der Waals surface area contributed by atoms with Gasteiger partial charge in [0.1, 0.15) is 0 Å². The first-order valence-corrected chi connectivity index (χ1v) is 20.8. The monoisotopic (exact) mass is 773 g/mol. The molecule has 0 saturated carbocycles. The molecule has 0 saturated heterocycles. The van der Waals surface area contributed by atoms with Crippen LogP contribution in [0.15, 0.2) is 74.8 Å². The average molecular weight is 775 g/mol. The molecule has 0 heterocycles. The zero-order chi connectivity index (χ0) is 34.4. The third-order valence-corrected chi connectivity index (χ3v) is 17.2. The van der Waals surface area contributed by atoms with Gasteiger partial charge in [0, 0.05) is 0 Å². The Morgan fingerprint density at radius 3 is 0.816 bits per heavy atom. The summed E-state index contributed by atoms with van der Waals surface area (Å²) in [5.74, 6) is 3.16. The van der Waals surface area contributed by atoms with E-state index in [1.165, 1.54) is 44.5 Å². The van der Waals surface area contributed by atoms with E-state index in [2.05, 4.69) is 179 Å². The summed E-state index contributed by atoms with van der Waals surface area (Å²) in [5, 5.41) is 6.40. The zero-order valence-corrected chi connectivity index (χ0v) is 38.0. The van der Waals surface area contributed by atoms with Crippen molar-refractivity contribution in [2.45, 2.75) is 139 Å². The average Bonchev–Trinajstić information content (AvgIpc) is 3.19. The van der Waals surface area contributed by atoms with Crippen molar-refractivity contribution in [1.29, 1.82) is 0 Å². The molecule has 0 bridgehead atoms. The molecule has 1 unspecified atom stereocenters. The molecule has 1 aliphatic rings. The molecular formula is C44H64Cl3SiTi. The van der Waals surface area contributed by atoms with E-state index in [1.807, 2.05) is 0 Å². The third kappa shape index (κ3) is 8.95. The minimum Gasteiger partial charge on any atom is -0.147 e. The molecular weight excluding hydrogens is 711 g/mol. The van der Waals surface area contributed by atoms with E-state index in [1.54, 1.807) is 24.6 Å². The van der Waals surface area contributed by atoms with Crippen molar-refractivity contribution in [2.75, 3.05) is 0 Å². The van der Waals surface area contributed by atoms with Crippen LogP contribution in [0.5, 0.6) is 0 Å². The Labute approximate surface area is 332 Å². The van der Waals surface area contributed by atoms with E-state index < -0.39 is 8.07 Å². The molecule has 0 aliphatic heterocycles. The zero-order valence-electron chi connectivity index (χ0n) is 33.0. The molecule has 0 N–H and O–H groups in total. The van der Waals surface area contributed by atoms with Gasteiger partial charge in [-0.3, -0.25) is 0 Å². The van der Waals surface area contributed by atoms with Crippen molar-refractivity contribution in [2.24, 2.45) is 5.92 Å². The van der Waals surface area contributed by atoms with E-state index in [-0.39, 0.29) is 37.2 Å². The fourth-order valence-corrected chi connectivity index (χ4v) is 14.0. The number of allylic oxidation sites excluding steroid dienone is 4. The molecule has 0 fully saturated rings. The summed E-state index contributed by atoms with van der Waals surface area (Å²) in [6.07, 6.45) is 0. The Morgan fingerprint density at radius 2 is 0.653 bits per heavy atom. The van der Waals surface area contributed by atoms with Gasteiger partial charge in [-0.2, -0.15) is 0 Å². The molecule has 3 aromatic rings. The summed E-state index contributed by atoms with van der Waals surface area (Å²) in [7, 11) is -2.83. The van der Waals surface area contributed by atoms with Gasteiger partial charge < -0.3 is 0 Å². The molecule has 0 nitrogen and oxygen atoms in total. The van der Waals surface area contributed by atoms with Gasteiger partial charge in [-0.25, -0.2) is 0 Å². The number of halogens is 3. The van der Waals surface area contributed by atoms with Gasteiger partial charge in [-0.15, -0.1) is 37.2 Å². The molecule has 4 rings (SSSR count). The molecule has 3 aromatic carbocycles. The maximum atomic E-state index is 2.65. The van der Waals surface area contributed by atoms with Crippen LogP contribution in [0, 0.1) is 5.92 Å². The third-order valence-electron chi connectivity index (χ3n) is 10.9. The van der Waals surface area contributed by atoms with Crippen LogP contribution in [-0.2, 0) is 20.4 Å². The summed E-state index contributed by atoms with van der Waals surface area (Å²) in [6.45, 7) is 35.8. The minimum absolute atomic E-state index is 0. The molecule has 1 atom stereocenters. The summed E-state index contributed by atoms with van der Waals surface area (Å²) in [4.78, 5) is 0. The molecule has 0 amide bonds. The van der Waals surface area contributed by atoms with Gasteiger partial charge in [-0.1, -0.05) is 0 Å². The molecule has 0 spiro atoms. The molecule has 0 radical (unpaired) electrons. The van der Waals surface area contributed by atoms with E-state index in [4.69, 9.17) is 0 Å². The summed E-state index contributed by atoms with van der Waals surface area (Å²) in [6, 6.07) is 23.4. The topological polar surface area (TPSA) is 0 Å². The van der Waals surface area contributed by atoms with E-state index in [9.17, 15) is 0 Å². The maximum absolute atomic E-state index is 2.83. The minimum atomic E-state index is -2.83. The summed E-state index contributed by atoms with van der Waals surface area (Å²) >= 11 is 2.40.